The number of ether oxygens (including phenoxy) is 2. The lowest BCUT2D eigenvalue weighted by Crippen LogP contribution is -2.57. The first-order valence-corrected chi connectivity index (χ1v) is 12.0. The number of rotatable bonds is 6. The number of allylic oxidation sites excluding steroid dienone is 2. The molecule has 35 heavy (non-hydrogen) atoms. The highest BCUT2D eigenvalue weighted by atomic mass is 19.1. The Morgan fingerprint density at radius 3 is 2.77 bits per heavy atom. The standard InChI is InChI=1S/C26H32FNO7/c1-15-4-9-22-25(2,11-10-23(30)26(22,3)14-29)18(15)7-6-17-21(13-34-24(17)31)35-20-8-5-16(28(32)33)12-19(20)27/h5-6,8,12,18,21-23,29-30H,1,4,7,9-11,13-14H2,2-3H3/b17-6+/t18?,21-,22+,23?,25+,26+/m1/s1. The van der Waals surface area contributed by atoms with Gasteiger partial charge in [-0.3, -0.25) is 10.1 Å². The number of carbonyl (C=O) groups excluding carboxylic acids is 1. The van der Waals surface area contributed by atoms with Gasteiger partial charge in [0.1, 0.15) is 6.61 Å². The Labute approximate surface area is 203 Å². The summed E-state index contributed by atoms with van der Waals surface area (Å²) in [4.78, 5) is 22.6. The minimum absolute atomic E-state index is 0.0253. The molecular weight excluding hydrogens is 457 g/mol. The number of aliphatic hydroxyl groups is 2. The van der Waals surface area contributed by atoms with E-state index in [2.05, 4.69) is 13.5 Å². The van der Waals surface area contributed by atoms with Gasteiger partial charge in [0.05, 0.1) is 29.3 Å². The third-order valence-corrected chi connectivity index (χ3v) is 8.61. The molecule has 1 aliphatic heterocycles. The molecule has 0 spiro atoms. The molecule has 1 heterocycles. The first kappa shape index (κ1) is 25.3. The van der Waals surface area contributed by atoms with E-state index in [4.69, 9.17) is 9.47 Å². The number of carbonyl (C=O) groups is 1. The average Bonchev–Trinajstić information content (AvgIpc) is 3.16. The van der Waals surface area contributed by atoms with E-state index in [1.807, 2.05) is 6.92 Å². The van der Waals surface area contributed by atoms with Gasteiger partial charge >= 0.3 is 5.97 Å². The maximum atomic E-state index is 14.4. The number of nitro groups is 1. The summed E-state index contributed by atoms with van der Waals surface area (Å²) in [6, 6.07) is 3.09. The smallest absolute Gasteiger partial charge is 0.337 e. The molecule has 6 atom stereocenters. The molecule has 3 fully saturated rings. The number of aliphatic hydroxyl groups excluding tert-OH is 2. The van der Waals surface area contributed by atoms with Crippen molar-refractivity contribution < 1.29 is 33.8 Å². The Morgan fingerprint density at radius 1 is 1.37 bits per heavy atom. The minimum Gasteiger partial charge on any atom is -0.479 e. The third-order valence-electron chi connectivity index (χ3n) is 8.61. The summed E-state index contributed by atoms with van der Waals surface area (Å²) in [6.07, 6.45) is 3.82. The Hall–Kier alpha value is -2.78. The first-order chi connectivity index (χ1) is 16.5. The molecule has 2 unspecified atom stereocenters. The third kappa shape index (κ3) is 4.36. The number of nitrogens with zero attached hydrogens (tertiary/aromatic N) is 1. The van der Waals surface area contributed by atoms with E-state index >= 15 is 0 Å². The minimum atomic E-state index is -0.891. The number of nitro benzene ring substituents is 1. The molecular formula is C26H32FNO7. The molecule has 3 aliphatic rings. The van der Waals surface area contributed by atoms with E-state index in [0.717, 1.165) is 37.0 Å². The number of hydrogen-bond donors (Lipinski definition) is 2. The summed E-state index contributed by atoms with van der Waals surface area (Å²) in [7, 11) is 0. The summed E-state index contributed by atoms with van der Waals surface area (Å²) in [5.41, 5.74) is 0.136. The van der Waals surface area contributed by atoms with Crippen LogP contribution >= 0.6 is 0 Å². The molecule has 2 N–H and O–H groups in total. The van der Waals surface area contributed by atoms with Crippen LogP contribution in [-0.2, 0) is 9.53 Å². The van der Waals surface area contributed by atoms with Crippen LogP contribution in [0, 0.1) is 38.6 Å². The molecule has 0 bridgehead atoms. The highest BCUT2D eigenvalue weighted by Crippen LogP contribution is 2.61. The number of fused-ring (bicyclic) bond motifs is 1. The Morgan fingerprint density at radius 2 is 2.11 bits per heavy atom. The summed E-state index contributed by atoms with van der Waals surface area (Å²) < 4.78 is 25.2. The van der Waals surface area contributed by atoms with Crippen LogP contribution in [-0.4, -0.2) is 46.5 Å². The van der Waals surface area contributed by atoms with E-state index < -0.39 is 40.0 Å². The average molecular weight is 490 g/mol. The van der Waals surface area contributed by atoms with Gasteiger partial charge in [0.15, 0.2) is 17.7 Å². The van der Waals surface area contributed by atoms with Crippen molar-refractivity contribution in [1.82, 2.24) is 0 Å². The fourth-order valence-electron chi connectivity index (χ4n) is 6.50. The van der Waals surface area contributed by atoms with Gasteiger partial charge in [-0.15, -0.1) is 0 Å². The van der Waals surface area contributed by atoms with E-state index in [1.165, 1.54) is 6.07 Å². The van der Waals surface area contributed by atoms with Crippen molar-refractivity contribution >= 4 is 11.7 Å². The van der Waals surface area contributed by atoms with Gasteiger partial charge in [0, 0.05) is 11.5 Å². The largest absolute Gasteiger partial charge is 0.479 e. The zero-order valence-corrected chi connectivity index (χ0v) is 20.0. The number of non-ortho nitro benzene ring substituents is 1. The predicted octanol–water partition coefficient (Wildman–Crippen LogP) is 4.10. The lowest BCUT2D eigenvalue weighted by Gasteiger charge is -2.59. The number of halogens is 1. The zero-order valence-electron chi connectivity index (χ0n) is 20.0. The highest BCUT2D eigenvalue weighted by Gasteiger charge is 2.57. The maximum absolute atomic E-state index is 14.4. The summed E-state index contributed by atoms with van der Waals surface area (Å²) in [5.74, 6) is -1.51. The van der Waals surface area contributed by atoms with E-state index in [1.54, 1.807) is 6.08 Å². The molecule has 4 rings (SSSR count). The van der Waals surface area contributed by atoms with Gasteiger partial charge in [0.25, 0.3) is 5.69 Å². The molecule has 2 saturated carbocycles. The zero-order chi connectivity index (χ0) is 25.5. The van der Waals surface area contributed by atoms with Crippen LogP contribution in [0.25, 0.3) is 0 Å². The van der Waals surface area contributed by atoms with Crippen LogP contribution in [0.3, 0.4) is 0 Å². The van der Waals surface area contributed by atoms with E-state index in [9.17, 15) is 29.5 Å². The Bertz CT molecular complexity index is 1070. The van der Waals surface area contributed by atoms with E-state index in [-0.39, 0.29) is 41.8 Å². The van der Waals surface area contributed by atoms with Crippen LogP contribution < -0.4 is 4.74 Å². The van der Waals surface area contributed by atoms with Crippen LogP contribution in [0.1, 0.15) is 46.0 Å². The molecule has 0 radical (unpaired) electrons. The Balaban J connectivity index is 1.57. The van der Waals surface area contributed by atoms with Crippen molar-refractivity contribution in [3.05, 3.63) is 57.9 Å². The van der Waals surface area contributed by atoms with Gasteiger partial charge in [-0.2, -0.15) is 0 Å². The van der Waals surface area contributed by atoms with Gasteiger partial charge in [0.2, 0.25) is 0 Å². The molecule has 0 amide bonds. The van der Waals surface area contributed by atoms with Crippen molar-refractivity contribution in [2.24, 2.45) is 22.7 Å². The van der Waals surface area contributed by atoms with Gasteiger partial charge in [-0.1, -0.05) is 32.1 Å². The van der Waals surface area contributed by atoms with Gasteiger partial charge in [-0.25, -0.2) is 9.18 Å². The van der Waals surface area contributed by atoms with Crippen molar-refractivity contribution in [2.75, 3.05) is 13.2 Å². The summed E-state index contributed by atoms with van der Waals surface area (Å²) >= 11 is 0. The number of cyclic esters (lactones) is 1. The lowest BCUT2D eigenvalue weighted by molar-refractivity contribution is -0.385. The van der Waals surface area contributed by atoms with Crippen molar-refractivity contribution in [1.29, 1.82) is 0 Å². The van der Waals surface area contributed by atoms with Crippen molar-refractivity contribution in [3.63, 3.8) is 0 Å². The normalized spacial score (nSPS) is 36.1. The Kier molecular flexibility index (Phi) is 6.76. The molecule has 1 saturated heterocycles. The monoisotopic (exact) mass is 489 g/mol. The lowest BCUT2D eigenvalue weighted by atomic mass is 9.46. The molecule has 1 aromatic carbocycles. The van der Waals surface area contributed by atoms with Gasteiger partial charge in [-0.05, 0) is 55.4 Å². The fourth-order valence-corrected chi connectivity index (χ4v) is 6.50. The second-order valence-electron chi connectivity index (χ2n) is 10.5. The second kappa shape index (κ2) is 9.35. The highest BCUT2D eigenvalue weighted by molar-refractivity contribution is 5.91. The van der Waals surface area contributed by atoms with Crippen molar-refractivity contribution in [2.45, 2.75) is 58.2 Å². The van der Waals surface area contributed by atoms with Crippen LogP contribution in [0.5, 0.6) is 5.75 Å². The SMILES string of the molecule is C=C1CC[C@H]2[C@@](C)(CCC(O)[C@@]2(C)CO)C1C/C=C1/C(=O)OC[C@H]1Oc1ccc([N+](=O)[O-])cc1F. The van der Waals surface area contributed by atoms with Crippen LogP contribution in [0.2, 0.25) is 0 Å². The fraction of sp³-hybridized carbons (Fsp3) is 0.577. The molecule has 0 aromatic heterocycles. The molecule has 9 heteroatoms. The number of hydrogen-bond acceptors (Lipinski definition) is 7. The molecule has 190 valence electrons. The van der Waals surface area contributed by atoms with Crippen molar-refractivity contribution in [3.8, 4) is 5.75 Å². The van der Waals surface area contributed by atoms with Crippen LogP contribution in [0.4, 0.5) is 10.1 Å². The van der Waals surface area contributed by atoms with Gasteiger partial charge < -0.3 is 19.7 Å². The molecule has 8 nitrogen and oxygen atoms in total. The first-order valence-electron chi connectivity index (χ1n) is 12.0. The maximum Gasteiger partial charge on any atom is 0.337 e. The predicted molar refractivity (Wildman–Crippen MR) is 125 cm³/mol. The molecule has 2 aliphatic carbocycles. The van der Waals surface area contributed by atoms with Crippen LogP contribution in [0.15, 0.2) is 42.0 Å². The molecule has 1 aromatic rings. The summed E-state index contributed by atoms with van der Waals surface area (Å²) in [6.45, 7) is 8.25. The second-order valence-corrected chi connectivity index (χ2v) is 10.5. The quantitative estimate of drug-likeness (QED) is 0.203. The number of benzene rings is 1. The number of esters is 1. The topological polar surface area (TPSA) is 119 Å². The summed E-state index contributed by atoms with van der Waals surface area (Å²) in [5, 5.41) is 31.7. The van der Waals surface area contributed by atoms with E-state index in [0.29, 0.717) is 12.8 Å².